The van der Waals surface area contributed by atoms with Crippen LogP contribution in [0.5, 0.6) is 0 Å². The molecule has 0 saturated carbocycles. The summed E-state index contributed by atoms with van der Waals surface area (Å²) in [5.41, 5.74) is 0. The average Bonchev–Trinajstić information content (AvgIpc) is 2.46. The molecule has 2 N–H and O–H groups in total. The Balaban J connectivity index is 2.47. The molecular weight excluding hydrogens is 150 g/mol. The van der Waals surface area contributed by atoms with E-state index in [2.05, 4.69) is 29.4 Å². The minimum Gasteiger partial charge on any atom is -0.314 e. The molecule has 0 spiro atoms. The molecule has 0 aromatic rings. The molecule has 0 radical (unpaired) electrons. The first-order valence-electron chi connectivity index (χ1n) is 4.77. The van der Waals surface area contributed by atoms with Crippen molar-refractivity contribution in [2.24, 2.45) is 0 Å². The van der Waals surface area contributed by atoms with Crippen molar-refractivity contribution in [3.63, 3.8) is 0 Å². The van der Waals surface area contributed by atoms with Crippen LogP contribution in [0.15, 0.2) is 0 Å². The van der Waals surface area contributed by atoms with Crippen LogP contribution in [-0.2, 0) is 0 Å². The lowest BCUT2D eigenvalue weighted by Gasteiger charge is -2.19. The highest BCUT2D eigenvalue weighted by molar-refractivity contribution is 4.93. The highest BCUT2D eigenvalue weighted by atomic mass is 15.2. The summed E-state index contributed by atoms with van der Waals surface area (Å²) in [4.78, 5) is 2.50. The van der Waals surface area contributed by atoms with Gasteiger partial charge < -0.3 is 10.6 Å². The number of hydrogen-bond donors (Lipinski definition) is 2. The van der Waals surface area contributed by atoms with Crippen LogP contribution in [0.4, 0.5) is 0 Å². The zero-order valence-electron chi connectivity index (χ0n) is 8.59. The van der Waals surface area contributed by atoms with Crippen LogP contribution < -0.4 is 10.6 Å². The predicted molar refractivity (Wildman–Crippen MR) is 52.4 cm³/mol. The maximum absolute atomic E-state index is 3.35. The van der Waals surface area contributed by atoms with Crippen LogP contribution in [0.3, 0.4) is 0 Å². The summed E-state index contributed by atoms with van der Waals surface area (Å²) in [6.07, 6.45) is 0. The Bertz CT molecular complexity index is 124. The van der Waals surface area contributed by atoms with Gasteiger partial charge in [0.2, 0.25) is 0 Å². The molecule has 0 amide bonds. The van der Waals surface area contributed by atoms with E-state index in [-0.39, 0.29) is 0 Å². The largest absolute Gasteiger partial charge is 0.314 e. The van der Waals surface area contributed by atoms with Gasteiger partial charge in [-0.1, -0.05) is 0 Å². The fourth-order valence-corrected chi connectivity index (χ4v) is 1.84. The lowest BCUT2D eigenvalue weighted by Crippen LogP contribution is -2.43. The Labute approximate surface area is 75.5 Å². The average molecular weight is 171 g/mol. The third-order valence-corrected chi connectivity index (χ3v) is 2.82. The second-order valence-electron chi connectivity index (χ2n) is 3.84. The van der Waals surface area contributed by atoms with Crippen LogP contribution in [0.2, 0.25) is 0 Å². The molecular formula is C9H21N3. The first-order valence-corrected chi connectivity index (χ1v) is 4.77. The van der Waals surface area contributed by atoms with Gasteiger partial charge in [-0.3, -0.25) is 4.90 Å². The summed E-state index contributed by atoms with van der Waals surface area (Å²) in [5, 5.41) is 6.69. The maximum Gasteiger partial charge on any atom is 0.0359 e. The van der Waals surface area contributed by atoms with Gasteiger partial charge in [0, 0.05) is 31.2 Å². The van der Waals surface area contributed by atoms with E-state index >= 15 is 0 Å². The summed E-state index contributed by atoms with van der Waals surface area (Å²) in [6.45, 7) is 6.84. The van der Waals surface area contributed by atoms with Crippen molar-refractivity contribution in [3.8, 4) is 0 Å². The van der Waals surface area contributed by atoms with E-state index < -0.39 is 0 Å². The minimum absolute atomic E-state index is 0.609. The van der Waals surface area contributed by atoms with Crippen molar-refractivity contribution in [2.75, 3.05) is 27.2 Å². The van der Waals surface area contributed by atoms with Crippen LogP contribution in [0.1, 0.15) is 13.8 Å². The molecule has 72 valence electrons. The molecule has 0 aromatic heterocycles. The second-order valence-corrected chi connectivity index (χ2v) is 3.84. The van der Waals surface area contributed by atoms with Crippen molar-refractivity contribution >= 4 is 0 Å². The van der Waals surface area contributed by atoms with Gasteiger partial charge in [0.25, 0.3) is 0 Å². The summed E-state index contributed by atoms with van der Waals surface area (Å²) in [5.74, 6) is 0. The zero-order valence-corrected chi connectivity index (χ0v) is 8.59. The smallest absolute Gasteiger partial charge is 0.0359 e. The molecule has 1 saturated heterocycles. The lowest BCUT2D eigenvalue weighted by molar-refractivity contribution is 0.266. The molecule has 1 aliphatic rings. The van der Waals surface area contributed by atoms with Crippen LogP contribution in [0, 0.1) is 0 Å². The Kier molecular flexibility index (Phi) is 3.50. The highest BCUT2D eigenvalue weighted by Crippen LogP contribution is 2.12. The van der Waals surface area contributed by atoms with E-state index in [1.54, 1.807) is 0 Å². The van der Waals surface area contributed by atoms with Gasteiger partial charge in [-0.25, -0.2) is 0 Å². The minimum atomic E-state index is 0.609. The predicted octanol–water partition coefficient (Wildman–Crippen LogP) is -0.114. The van der Waals surface area contributed by atoms with Gasteiger partial charge in [-0.05, 0) is 27.9 Å². The van der Waals surface area contributed by atoms with Gasteiger partial charge in [-0.2, -0.15) is 0 Å². The Morgan fingerprint density at radius 3 is 1.75 bits per heavy atom. The summed E-state index contributed by atoms with van der Waals surface area (Å²) >= 11 is 0. The first-order chi connectivity index (χ1) is 5.69. The zero-order chi connectivity index (χ0) is 9.14. The van der Waals surface area contributed by atoms with Crippen molar-refractivity contribution < 1.29 is 0 Å². The molecule has 3 nitrogen and oxygen atoms in total. The quantitative estimate of drug-likeness (QED) is 0.620. The molecule has 0 aliphatic carbocycles. The van der Waals surface area contributed by atoms with Gasteiger partial charge >= 0.3 is 0 Å². The van der Waals surface area contributed by atoms with Crippen molar-refractivity contribution in [3.05, 3.63) is 0 Å². The number of nitrogens with one attached hydrogen (secondary N) is 2. The van der Waals surface area contributed by atoms with Crippen molar-refractivity contribution in [1.82, 2.24) is 15.5 Å². The van der Waals surface area contributed by atoms with E-state index in [9.17, 15) is 0 Å². The third kappa shape index (κ3) is 1.97. The Morgan fingerprint density at radius 2 is 1.50 bits per heavy atom. The molecule has 1 aliphatic heterocycles. The van der Waals surface area contributed by atoms with Gasteiger partial charge in [0.1, 0.15) is 0 Å². The van der Waals surface area contributed by atoms with E-state index in [4.69, 9.17) is 0 Å². The standard InChI is InChI=1S/C9H21N3/c1-7(2)12-5-8(10-3)9(6-12)11-4/h7-11H,5-6H2,1-4H3/t8-,9+. The van der Waals surface area contributed by atoms with Crippen LogP contribution >= 0.6 is 0 Å². The summed E-state index contributed by atoms with van der Waals surface area (Å²) in [7, 11) is 4.08. The number of likely N-dealkylation sites (N-methyl/N-ethyl adjacent to an activating group) is 2. The van der Waals surface area contributed by atoms with Crippen molar-refractivity contribution in [2.45, 2.75) is 32.0 Å². The maximum atomic E-state index is 3.35. The topological polar surface area (TPSA) is 27.3 Å². The molecule has 1 heterocycles. The lowest BCUT2D eigenvalue weighted by atomic mass is 10.2. The molecule has 0 bridgehead atoms. The monoisotopic (exact) mass is 171 g/mol. The van der Waals surface area contributed by atoms with Crippen LogP contribution in [0.25, 0.3) is 0 Å². The summed E-state index contributed by atoms with van der Waals surface area (Å²) < 4.78 is 0. The second kappa shape index (κ2) is 4.21. The fraction of sp³-hybridized carbons (Fsp3) is 1.00. The molecule has 1 fully saturated rings. The Hall–Kier alpha value is -0.120. The molecule has 0 aromatic carbocycles. The fourth-order valence-electron chi connectivity index (χ4n) is 1.84. The highest BCUT2D eigenvalue weighted by Gasteiger charge is 2.31. The van der Waals surface area contributed by atoms with E-state index in [0.29, 0.717) is 18.1 Å². The Morgan fingerprint density at radius 1 is 1.08 bits per heavy atom. The van der Waals surface area contributed by atoms with Gasteiger partial charge in [0.05, 0.1) is 0 Å². The van der Waals surface area contributed by atoms with Gasteiger partial charge in [0.15, 0.2) is 0 Å². The van der Waals surface area contributed by atoms with Crippen molar-refractivity contribution in [1.29, 1.82) is 0 Å². The van der Waals surface area contributed by atoms with Crippen LogP contribution in [-0.4, -0.2) is 50.2 Å². The molecule has 3 heteroatoms. The van der Waals surface area contributed by atoms with E-state index in [1.165, 1.54) is 13.1 Å². The SMILES string of the molecule is CN[C@H]1CN(C(C)C)C[C@H]1NC. The number of nitrogens with zero attached hydrogens (tertiary/aromatic N) is 1. The van der Waals surface area contributed by atoms with Gasteiger partial charge in [-0.15, -0.1) is 0 Å². The van der Waals surface area contributed by atoms with E-state index in [0.717, 1.165) is 0 Å². The summed E-state index contributed by atoms with van der Waals surface area (Å²) in [6, 6.07) is 1.88. The van der Waals surface area contributed by atoms with E-state index in [1.807, 2.05) is 14.1 Å². The number of rotatable bonds is 3. The molecule has 0 unspecified atom stereocenters. The number of likely N-dealkylation sites (tertiary alicyclic amines) is 1. The molecule has 2 atom stereocenters. The molecule has 1 rings (SSSR count). The normalized spacial score (nSPS) is 31.8. The first kappa shape index (κ1) is 9.96. The third-order valence-electron chi connectivity index (χ3n) is 2.82. The molecule has 12 heavy (non-hydrogen) atoms. The number of hydrogen-bond acceptors (Lipinski definition) is 3.